The van der Waals surface area contributed by atoms with Crippen LogP contribution >= 0.6 is 0 Å². The van der Waals surface area contributed by atoms with E-state index in [1.165, 1.54) is 0 Å². The van der Waals surface area contributed by atoms with Gasteiger partial charge in [0, 0.05) is 0 Å². The topological polar surface area (TPSA) is 44.9 Å². The second kappa shape index (κ2) is 6.59. The van der Waals surface area contributed by atoms with E-state index in [0.717, 1.165) is 50.6 Å². The molecule has 1 aliphatic rings. The summed E-state index contributed by atoms with van der Waals surface area (Å²) in [6.07, 6.45) is 0. The van der Waals surface area contributed by atoms with Gasteiger partial charge in [0.1, 0.15) is 5.75 Å². The van der Waals surface area contributed by atoms with Crippen molar-refractivity contribution in [3.8, 4) is 23.1 Å². The summed E-state index contributed by atoms with van der Waals surface area (Å²) in [5.41, 5.74) is 5.88. The van der Waals surface area contributed by atoms with Crippen LogP contribution < -0.4 is 10.1 Å². The summed E-state index contributed by atoms with van der Waals surface area (Å²) in [5, 5.41) is 0. The molecule has 0 spiro atoms. The van der Waals surface area contributed by atoms with Crippen LogP contribution in [0.2, 0.25) is 0 Å². The molecule has 0 radical (unpaired) electrons. The maximum absolute atomic E-state index is 6.77. The van der Waals surface area contributed by atoms with Gasteiger partial charge >= 0.3 is 7.05 Å². The van der Waals surface area contributed by atoms with E-state index in [1.807, 2.05) is 72.8 Å². The van der Waals surface area contributed by atoms with E-state index in [-0.39, 0.29) is 7.05 Å². The van der Waals surface area contributed by atoms with E-state index >= 15 is 0 Å². The molecule has 0 saturated heterocycles. The molecule has 32 heavy (non-hydrogen) atoms. The van der Waals surface area contributed by atoms with Gasteiger partial charge in [-0.3, -0.25) is 4.57 Å². The van der Waals surface area contributed by atoms with Gasteiger partial charge in [-0.15, -0.1) is 0 Å². The van der Waals surface area contributed by atoms with Gasteiger partial charge in [0.05, 0.1) is 27.8 Å². The molecule has 0 unspecified atom stereocenters. The van der Waals surface area contributed by atoms with Gasteiger partial charge in [0.25, 0.3) is 0 Å². The molecule has 3 heterocycles. The Morgan fingerprint density at radius 2 is 1.22 bits per heavy atom. The highest BCUT2D eigenvalue weighted by molar-refractivity contribution is 6.68. The molecule has 0 bridgehead atoms. The standard InChI is InChI=1S/C26H17BN4O/c1-2-10-18(11-3-1)27-31-22-15-7-5-13-20(22)29-26(31)25-28-19-12-4-6-14-21(19)30(25)23-16-8-9-17-24(23)32-27/h1-17H. The highest BCUT2D eigenvalue weighted by Crippen LogP contribution is 2.36. The summed E-state index contributed by atoms with van der Waals surface area (Å²) < 4.78 is 11.1. The minimum absolute atomic E-state index is 0.381. The maximum atomic E-state index is 6.77. The predicted molar refractivity (Wildman–Crippen MR) is 128 cm³/mol. The number of hydrogen-bond acceptors (Lipinski definition) is 3. The molecule has 0 saturated carbocycles. The van der Waals surface area contributed by atoms with Crippen molar-refractivity contribution in [2.45, 2.75) is 0 Å². The van der Waals surface area contributed by atoms with Crippen LogP contribution in [0.4, 0.5) is 0 Å². The lowest BCUT2D eigenvalue weighted by atomic mass is 9.72. The fourth-order valence-corrected chi connectivity index (χ4v) is 4.61. The first-order valence-electron chi connectivity index (χ1n) is 10.6. The molecular weight excluding hydrogens is 395 g/mol. The average molecular weight is 412 g/mol. The maximum Gasteiger partial charge on any atom is 0.525 e. The molecular formula is C26H17BN4O. The number of hydrogen-bond donors (Lipinski definition) is 0. The van der Waals surface area contributed by atoms with Crippen LogP contribution in [0.15, 0.2) is 103 Å². The summed E-state index contributed by atoms with van der Waals surface area (Å²) in [6, 6.07) is 34.8. The Balaban J connectivity index is 1.66. The molecule has 7 rings (SSSR count). The van der Waals surface area contributed by atoms with Gasteiger partial charge in [-0.1, -0.05) is 66.7 Å². The largest absolute Gasteiger partial charge is 0.536 e. The monoisotopic (exact) mass is 412 g/mol. The fraction of sp³-hybridized carbons (Fsp3) is 0. The Morgan fingerprint density at radius 3 is 2.06 bits per heavy atom. The van der Waals surface area contributed by atoms with Crippen molar-refractivity contribution in [1.29, 1.82) is 0 Å². The van der Waals surface area contributed by atoms with Crippen LogP contribution in [0, 0.1) is 0 Å². The lowest BCUT2D eigenvalue weighted by Gasteiger charge is -2.25. The number of imidazole rings is 2. The van der Waals surface area contributed by atoms with Crippen LogP contribution in [0.5, 0.6) is 5.75 Å². The molecule has 6 aromatic rings. The molecule has 0 fully saturated rings. The van der Waals surface area contributed by atoms with E-state index in [1.54, 1.807) is 0 Å². The lowest BCUT2D eigenvalue weighted by Crippen LogP contribution is -2.45. The molecule has 2 aromatic heterocycles. The third-order valence-corrected chi connectivity index (χ3v) is 6.02. The fourth-order valence-electron chi connectivity index (χ4n) is 4.61. The number of nitrogens with zero attached hydrogens (tertiary/aromatic N) is 4. The Kier molecular flexibility index (Phi) is 3.58. The molecule has 0 amide bonds. The highest BCUT2D eigenvalue weighted by atomic mass is 16.4. The molecule has 0 N–H and O–H groups in total. The summed E-state index contributed by atoms with van der Waals surface area (Å²) in [7, 11) is -0.381. The second-order valence-electron chi connectivity index (χ2n) is 7.90. The van der Waals surface area contributed by atoms with Crippen molar-refractivity contribution < 1.29 is 4.65 Å². The van der Waals surface area contributed by atoms with Crippen molar-refractivity contribution in [2.75, 3.05) is 0 Å². The van der Waals surface area contributed by atoms with E-state index in [9.17, 15) is 0 Å². The smallest absolute Gasteiger partial charge is 0.525 e. The van der Waals surface area contributed by atoms with E-state index < -0.39 is 0 Å². The number of fused-ring (bicyclic) bond motifs is 9. The minimum atomic E-state index is -0.381. The Labute approximate surface area is 184 Å². The Bertz CT molecular complexity index is 1620. The zero-order chi connectivity index (χ0) is 21.1. The second-order valence-corrected chi connectivity index (χ2v) is 7.90. The lowest BCUT2D eigenvalue weighted by molar-refractivity contribution is 0.562. The third-order valence-electron chi connectivity index (χ3n) is 6.02. The van der Waals surface area contributed by atoms with Gasteiger partial charge < -0.3 is 9.13 Å². The molecule has 5 nitrogen and oxygen atoms in total. The summed E-state index contributed by atoms with van der Waals surface area (Å²) in [6.45, 7) is 0. The summed E-state index contributed by atoms with van der Waals surface area (Å²) in [5.74, 6) is 2.39. The molecule has 4 aromatic carbocycles. The minimum Gasteiger partial charge on any atom is -0.536 e. The summed E-state index contributed by atoms with van der Waals surface area (Å²) in [4.78, 5) is 10.1. The van der Waals surface area contributed by atoms with Crippen LogP contribution in [0.3, 0.4) is 0 Å². The first-order valence-corrected chi connectivity index (χ1v) is 10.6. The first kappa shape index (κ1) is 17.4. The normalized spacial score (nSPS) is 12.6. The molecule has 0 aliphatic carbocycles. The molecule has 1 aliphatic heterocycles. The molecule has 150 valence electrons. The highest BCUT2D eigenvalue weighted by Gasteiger charge is 2.35. The van der Waals surface area contributed by atoms with E-state index in [4.69, 9.17) is 14.6 Å². The van der Waals surface area contributed by atoms with Crippen molar-refractivity contribution >= 4 is 34.6 Å². The number of para-hydroxylation sites is 6. The summed E-state index contributed by atoms with van der Waals surface area (Å²) >= 11 is 0. The van der Waals surface area contributed by atoms with Crippen molar-refractivity contribution in [2.24, 2.45) is 0 Å². The zero-order valence-corrected chi connectivity index (χ0v) is 17.1. The van der Waals surface area contributed by atoms with Crippen LogP contribution in [-0.4, -0.2) is 26.1 Å². The zero-order valence-electron chi connectivity index (χ0n) is 17.1. The van der Waals surface area contributed by atoms with Crippen LogP contribution in [-0.2, 0) is 0 Å². The van der Waals surface area contributed by atoms with E-state index in [0.29, 0.717) is 0 Å². The van der Waals surface area contributed by atoms with Gasteiger partial charge in [0.2, 0.25) is 0 Å². The van der Waals surface area contributed by atoms with Gasteiger partial charge in [-0.25, -0.2) is 9.97 Å². The third kappa shape index (κ3) is 2.40. The number of benzene rings is 4. The quantitative estimate of drug-likeness (QED) is 0.369. The SMILES string of the molecule is c1ccc(B2Oc3ccccc3-n3c(nc4ccccc43)-c3nc4ccccc4n32)cc1. The number of rotatable bonds is 1. The molecule has 0 atom stereocenters. The first-order chi connectivity index (χ1) is 15.9. The van der Waals surface area contributed by atoms with Crippen molar-refractivity contribution in [3.05, 3.63) is 103 Å². The van der Waals surface area contributed by atoms with Gasteiger partial charge in [-0.2, -0.15) is 0 Å². The van der Waals surface area contributed by atoms with Crippen molar-refractivity contribution in [3.63, 3.8) is 0 Å². The van der Waals surface area contributed by atoms with Gasteiger partial charge in [0.15, 0.2) is 11.6 Å². The Hall–Kier alpha value is -4.32. The van der Waals surface area contributed by atoms with Crippen LogP contribution in [0.25, 0.3) is 39.4 Å². The van der Waals surface area contributed by atoms with Crippen molar-refractivity contribution in [1.82, 2.24) is 19.0 Å². The molecule has 6 heteroatoms. The van der Waals surface area contributed by atoms with Gasteiger partial charge in [-0.05, 0) is 41.9 Å². The number of aromatic nitrogens is 4. The Morgan fingerprint density at radius 1 is 0.594 bits per heavy atom. The van der Waals surface area contributed by atoms with Crippen LogP contribution in [0.1, 0.15) is 0 Å². The average Bonchev–Trinajstić information content (AvgIpc) is 3.41. The predicted octanol–water partition coefficient (Wildman–Crippen LogP) is 4.68. The van der Waals surface area contributed by atoms with E-state index in [2.05, 4.69) is 39.4 Å².